The molecule has 1 amide bonds. The first-order valence-electron chi connectivity index (χ1n) is 4.97. The fraction of sp³-hybridized carbons (Fsp3) is 0.167. The molecular formula is C12H11N3OS. The Balaban J connectivity index is 2.46. The van der Waals surface area contributed by atoms with Crippen molar-refractivity contribution in [3.63, 3.8) is 0 Å². The lowest BCUT2D eigenvalue weighted by Crippen LogP contribution is -2.26. The van der Waals surface area contributed by atoms with E-state index in [2.05, 4.69) is 10.9 Å². The third-order valence-electron chi connectivity index (χ3n) is 2.37. The zero-order chi connectivity index (χ0) is 12.4. The molecule has 0 atom stereocenters. The highest BCUT2D eigenvalue weighted by atomic mass is 32.1. The molecule has 2 N–H and O–H groups in total. The molecule has 5 heteroatoms. The van der Waals surface area contributed by atoms with Crippen molar-refractivity contribution < 1.29 is 4.79 Å². The van der Waals surface area contributed by atoms with Gasteiger partial charge in [-0.15, -0.1) is 17.8 Å². The number of aromatic nitrogens is 1. The van der Waals surface area contributed by atoms with Gasteiger partial charge in [-0.05, 0) is 12.1 Å². The summed E-state index contributed by atoms with van der Waals surface area (Å²) in [4.78, 5) is 19.0. The molecule has 86 valence electrons. The summed E-state index contributed by atoms with van der Waals surface area (Å²) in [6.07, 6.45) is 6.85. The maximum atomic E-state index is 12.1. The molecule has 0 aliphatic rings. The van der Waals surface area contributed by atoms with Crippen LogP contribution in [0.15, 0.2) is 18.3 Å². The van der Waals surface area contributed by atoms with E-state index in [1.54, 1.807) is 19.3 Å². The summed E-state index contributed by atoms with van der Waals surface area (Å²) >= 11 is 1.29. The second-order valence-electron chi connectivity index (χ2n) is 3.57. The van der Waals surface area contributed by atoms with Gasteiger partial charge in [0, 0.05) is 18.6 Å². The van der Waals surface area contributed by atoms with Crippen LogP contribution < -0.4 is 5.73 Å². The molecule has 2 aromatic rings. The van der Waals surface area contributed by atoms with E-state index in [0.717, 1.165) is 10.2 Å². The highest BCUT2D eigenvalue weighted by molar-refractivity contribution is 7.21. The Morgan fingerprint density at radius 1 is 1.71 bits per heavy atom. The van der Waals surface area contributed by atoms with Gasteiger partial charge in [0.15, 0.2) is 0 Å². The molecule has 0 spiro atoms. The number of nitrogens with two attached hydrogens (primary N) is 1. The number of amides is 1. The summed E-state index contributed by atoms with van der Waals surface area (Å²) in [7, 11) is 1.65. The maximum absolute atomic E-state index is 12.1. The fourth-order valence-electron chi connectivity index (χ4n) is 1.49. The van der Waals surface area contributed by atoms with Crippen LogP contribution in [0.25, 0.3) is 10.2 Å². The van der Waals surface area contributed by atoms with Crippen LogP contribution in [0.1, 0.15) is 9.67 Å². The van der Waals surface area contributed by atoms with E-state index in [0.29, 0.717) is 10.6 Å². The number of fused-ring (bicyclic) bond motifs is 1. The van der Waals surface area contributed by atoms with Gasteiger partial charge in [-0.25, -0.2) is 4.98 Å². The third-order valence-corrected chi connectivity index (χ3v) is 3.49. The Labute approximate surface area is 103 Å². The molecule has 0 fully saturated rings. The summed E-state index contributed by atoms with van der Waals surface area (Å²) in [5.41, 5.74) is 6.42. The SMILES string of the molecule is C#CCN(C)C(=O)c1sc2ncccc2c1N. The number of hydrogen-bond acceptors (Lipinski definition) is 4. The van der Waals surface area contributed by atoms with Gasteiger partial charge in [-0.3, -0.25) is 4.79 Å². The van der Waals surface area contributed by atoms with Crippen molar-refractivity contribution in [3.05, 3.63) is 23.2 Å². The predicted octanol–water partition coefficient (Wildman–Crippen LogP) is 1.58. The number of rotatable bonds is 2. The van der Waals surface area contributed by atoms with Crippen LogP contribution in [0.3, 0.4) is 0 Å². The van der Waals surface area contributed by atoms with E-state index in [-0.39, 0.29) is 12.5 Å². The topological polar surface area (TPSA) is 59.2 Å². The molecule has 2 rings (SSSR count). The van der Waals surface area contributed by atoms with E-state index in [9.17, 15) is 4.79 Å². The lowest BCUT2D eigenvalue weighted by molar-refractivity contribution is 0.0818. The molecule has 0 aliphatic carbocycles. The molecule has 0 bridgehead atoms. The van der Waals surface area contributed by atoms with Crippen LogP contribution in [0.2, 0.25) is 0 Å². The Morgan fingerprint density at radius 3 is 3.12 bits per heavy atom. The van der Waals surface area contributed by atoms with Gasteiger partial charge in [0.25, 0.3) is 5.91 Å². The Kier molecular flexibility index (Phi) is 2.98. The maximum Gasteiger partial charge on any atom is 0.266 e. The number of carbonyl (C=O) groups excluding carboxylic acids is 1. The van der Waals surface area contributed by atoms with E-state index in [1.807, 2.05) is 6.07 Å². The Bertz CT molecular complexity index is 612. The summed E-state index contributed by atoms with van der Waals surface area (Å²) in [6.45, 7) is 0.264. The number of nitrogen functional groups attached to an aromatic ring is 1. The number of anilines is 1. The molecule has 2 aromatic heterocycles. The number of nitrogens with zero attached hydrogens (tertiary/aromatic N) is 2. The molecule has 0 radical (unpaired) electrons. The van der Waals surface area contributed by atoms with E-state index < -0.39 is 0 Å². The van der Waals surface area contributed by atoms with Crippen molar-refractivity contribution in [2.75, 3.05) is 19.3 Å². The molecular weight excluding hydrogens is 234 g/mol. The third kappa shape index (κ3) is 1.95. The predicted molar refractivity (Wildman–Crippen MR) is 69.8 cm³/mol. The number of thiophene rings is 1. The van der Waals surface area contributed by atoms with Crippen molar-refractivity contribution in [2.45, 2.75) is 0 Å². The summed E-state index contributed by atoms with van der Waals surface area (Å²) < 4.78 is 0. The minimum Gasteiger partial charge on any atom is -0.397 e. The van der Waals surface area contributed by atoms with E-state index >= 15 is 0 Å². The van der Waals surface area contributed by atoms with Crippen molar-refractivity contribution in [3.8, 4) is 12.3 Å². The molecule has 4 nitrogen and oxygen atoms in total. The second-order valence-corrected chi connectivity index (χ2v) is 4.57. The molecule has 0 unspecified atom stereocenters. The Morgan fingerprint density at radius 2 is 2.47 bits per heavy atom. The number of pyridine rings is 1. The van der Waals surface area contributed by atoms with Crippen LogP contribution in [0.5, 0.6) is 0 Å². The first kappa shape index (κ1) is 11.4. The number of carbonyl (C=O) groups is 1. The lowest BCUT2D eigenvalue weighted by Gasteiger charge is -2.12. The van der Waals surface area contributed by atoms with Gasteiger partial charge in [0.1, 0.15) is 9.71 Å². The highest BCUT2D eigenvalue weighted by Crippen LogP contribution is 2.32. The smallest absolute Gasteiger partial charge is 0.266 e. The highest BCUT2D eigenvalue weighted by Gasteiger charge is 2.19. The van der Waals surface area contributed by atoms with Gasteiger partial charge in [0.2, 0.25) is 0 Å². The van der Waals surface area contributed by atoms with Gasteiger partial charge in [0.05, 0.1) is 12.2 Å². The Hall–Kier alpha value is -2.06. The zero-order valence-corrected chi connectivity index (χ0v) is 10.1. The molecule has 2 heterocycles. The van der Waals surface area contributed by atoms with Crippen molar-refractivity contribution in [2.24, 2.45) is 0 Å². The van der Waals surface area contributed by atoms with Crippen molar-refractivity contribution in [1.82, 2.24) is 9.88 Å². The van der Waals surface area contributed by atoms with Crippen LogP contribution in [-0.2, 0) is 0 Å². The van der Waals surface area contributed by atoms with Gasteiger partial charge in [-0.1, -0.05) is 5.92 Å². The molecule has 0 aromatic carbocycles. The lowest BCUT2D eigenvalue weighted by atomic mass is 10.2. The van der Waals surface area contributed by atoms with Crippen LogP contribution in [0.4, 0.5) is 5.69 Å². The summed E-state index contributed by atoms with van der Waals surface area (Å²) in [5.74, 6) is 2.26. The van der Waals surface area contributed by atoms with E-state index in [4.69, 9.17) is 12.2 Å². The molecule has 0 saturated heterocycles. The minimum atomic E-state index is -0.163. The second kappa shape index (κ2) is 4.44. The van der Waals surface area contributed by atoms with Gasteiger partial charge in [-0.2, -0.15) is 0 Å². The van der Waals surface area contributed by atoms with Gasteiger partial charge < -0.3 is 10.6 Å². The first-order chi connectivity index (χ1) is 8.15. The average molecular weight is 245 g/mol. The quantitative estimate of drug-likeness (QED) is 0.817. The summed E-state index contributed by atoms with van der Waals surface area (Å²) in [5, 5.41) is 0.815. The van der Waals surface area contributed by atoms with Crippen molar-refractivity contribution in [1.29, 1.82) is 0 Å². The largest absolute Gasteiger partial charge is 0.397 e. The fourth-order valence-corrected chi connectivity index (χ4v) is 2.55. The monoisotopic (exact) mass is 245 g/mol. The van der Waals surface area contributed by atoms with Crippen LogP contribution >= 0.6 is 11.3 Å². The van der Waals surface area contributed by atoms with Crippen molar-refractivity contribution >= 4 is 33.1 Å². The molecule has 17 heavy (non-hydrogen) atoms. The zero-order valence-electron chi connectivity index (χ0n) is 9.30. The number of terminal acetylenes is 1. The van der Waals surface area contributed by atoms with Gasteiger partial charge >= 0.3 is 0 Å². The van der Waals surface area contributed by atoms with Crippen LogP contribution in [-0.4, -0.2) is 29.4 Å². The standard InChI is InChI=1S/C12H11N3OS/c1-3-7-15(2)12(16)10-9(13)8-5-4-6-14-11(8)17-10/h1,4-6H,7,13H2,2H3. The number of hydrogen-bond donors (Lipinski definition) is 1. The average Bonchev–Trinajstić information content (AvgIpc) is 2.67. The first-order valence-corrected chi connectivity index (χ1v) is 5.78. The molecule has 0 saturated carbocycles. The van der Waals surface area contributed by atoms with Crippen LogP contribution in [0, 0.1) is 12.3 Å². The summed E-state index contributed by atoms with van der Waals surface area (Å²) in [6, 6.07) is 3.65. The normalized spacial score (nSPS) is 10.1. The molecule has 0 aliphatic heterocycles. The minimum absolute atomic E-state index is 0.163. The van der Waals surface area contributed by atoms with E-state index in [1.165, 1.54) is 16.2 Å².